The number of aryl methyl sites for hydroxylation is 1. The van der Waals surface area contributed by atoms with Crippen LogP contribution in [0.5, 0.6) is 5.75 Å². The monoisotopic (exact) mass is 326 g/mol. The number of hydrogen-bond donors (Lipinski definition) is 0. The first kappa shape index (κ1) is 13.5. The molecule has 2 aromatic rings. The Labute approximate surface area is 117 Å². The molecule has 19 heavy (non-hydrogen) atoms. The van der Waals surface area contributed by atoms with Gasteiger partial charge in [-0.25, -0.2) is 0 Å². The lowest BCUT2D eigenvalue weighted by molar-refractivity contribution is -0.390. The molecule has 0 amide bonds. The molecule has 0 aromatic carbocycles. The van der Waals surface area contributed by atoms with Crippen molar-refractivity contribution in [3.05, 3.63) is 44.8 Å². The highest BCUT2D eigenvalue weighted by atomic mass is 79.9. The van der Waals surface area contributed by atoms with Crippen molar-refractivity contribution >= 4 is 21.7 Å². The molecule has 1 atom stereocenters. The van der Waals surface area contributed by atoms with E-state index in [2.05, 4.69) is 26.0 Å². The number of aromatic nitrogens is 3. The molecule has 0 N–H and O–H groups in total. The van der Waals surface area contributed by atoms with Crippen LogP contribution in [-0.2, 0) is 7.05 Å². The van der Waals surface area contributed by atoms with Crippen LogP contribution >= 0.6 is 15.9 Å². The van der Waals surface area contributed by atoms with Gasteiger partial charge in [-0.3, -0.25) is 4.68 Å². The van der Waals surface area contributed by atoms with E-state index < -0.39 is 11.0 Å². The maximum Gasteiger partial charge on any atom is 0.406 e. The van der Waals surface area contributed by atoms with Crippen LogP contribution in [0.4, 0.5) is 5.82 Å². The van der Waals surface area contributed by atoms with Crippen LogP contribution in [0.1, 0.15) is 18.7 Å². The number of nitro groups is 1. The summed E-state index contributed by atoms with van der Waals surface area (Å²) < 4.78 is 7.83. The Hall–Kier alpha value is -1.96. The van der Waals surface area contributed by atoms with E-state index in [-0.39, 0.29) is 11.6 Å². The molecule has 0 aliphatic rings. The molecule has 2 heterocycles. The van der Waals surface area contributed by atoms with E-state index in [0.29, 0.717) is 10.2 Å². The van der Waals surface area contributed by atoms with E-state index >= 15 is 0 Å². The van der Waals surface area contributed by atoms with Crippen LogP contribution < -0.4 is 4.74 Å². The highest BCUT2D eigenvalue weighted by Gasteiger charge is 2.21. The van der Waals surface area contributed by atoms with Crippen molar-refractivity contribution in [2.24, 2.45) is 7.05 Å². The smallest absolute Gasteiger partial charge is 0.406 e. The first-order chi connectivity index (χ1) is 8.97. The summed E-state index contributed by atoms with van der Waals surface area (Å²) in [5.41, 5.74) is 0.691. The summed E-state index contributed by atoms with van der Waals surface area (Å²) in [5, 5.41) is 15.1. The molecule has 0 spiro atoms. The molecule has 0 aliphatic carbocycles. The summed E-state index contributed by atoms with van der Waals surface area (Å²) in [6, 6.07) is 3.31. The zero-order chi connectivity index (χ0) is 14.0. The Morgan fingerprint density at radius 2 is 2.32 bits per heavy atom. The van der Waals surface area contributed by atoms with Crippen molar-refractivity contribution < 1.29 is 9.66 Å². The number of nitrogens with zero attached hydrogens (tertiary/aromatic N) is 4. The molecular formula is C11H11BrN4O3. The molecule has 0 saturated carbocycles. The highest BCUT2D eigenvalue weighted by Crippen LogP contribution is 2.30. The van der Waals surface area contributed by atoms with Crippen LogP contribution in [0.3, 0.4) is 0 Å². The number of rotatable bonds is 4. The Morgan fingerprint density at radius 3 is 2.89 bits per heavy atom. The lowest BCUT2D eigenvalue weighted by Gasteiger charge is -2.12. The van der Waals surface area contributed by atoms with E-state index in [1.54, 1.807) is 30.9 Å². The van der Waals surface area contributed by atoms with Crippen molar-refractivity contribution in [1.82, 2.24) is 14.8 Å². The summed E-state index contributed by atoms with van der Waals surface area (Å²) in [5.74, 6) is -0.205. The van der Waals surface area contributed by atoms with Crippen molar-refractivity contribution in [2.45, 2.75) is 13.0 Å². The second-order valence-electron chi connectivity index (χ2n) is 3.91. The molecule has 100 valence electrons. The Bertz CT molecular complexity index is 614. The van der Waals surface area contributed by atoms with Gasteiger partial charge in [-0.05, 0) is 38.8 Å². The lowest BCUT2D eigenvalue weighted by atomic mass is 10.3. The molecule has 7 nitrogen and oxygen atoms in total. The number of ether oxygens (including phenoxy) is 1. The second-order valence-corrected chi connectivity index (χ2v) is 4.82. The zero-order valence-corrected chi connectivity index (χ0v) is 11.9. The SMILES string of the molecule is C[C@@H](Oc1cc(Br)cnc1[N+](=O)[O-])c1ccn(C)n1. The van der Waals surface area contributed by atoms with Crippen LogP contribution in [0.15, 0.2) is 29.0 Å². The van der Waals surface area contributed by atoms with Crippen LogP contribution in [0.2, 0.25) is 0 Å². The quantitative estimate of drug-likeness (QED) is 0.637. The van der Waals surface area contributed by atoms with Gasteiger partial charge >= 0.3 is 5.82 Å². The van der Waals surface area contributed by atoms with E-state index in [9.17, 15) is 10.1 Å². The van der Waals surface area contributed by atoms with Gasteiger partial charge in [0, 0.05) is 19.3 Å². The molecule has 0 unspecified atom stereocenters. The van der Waals surface area contributed by atoms with E-state index in [1.807, 2.05) is 0 Å². The summed E-state index contributed by atoms with van der Waals surface area (Å²) >= 11 is 3.21. The maximum atomic E-state index is 10.9. The summed E-state index contributed by atoms with van der Waals surface area (Å²) in [4.78, 5) is 14.0. The second kappa shape index (κ2) is 5.35. The fourth-order valence-corrected chi connectivity index (χ4v) is 1.85. The van der Waals surface area contributed by atoms with Gasteiger partial charge in [0.25, 0.3) is 0 Å². The fraction of sp³-hybridized carbons (Fsp3) is 0.273. The highest BCUT2D eigenvalue weighted by molar-refractivity contribution is 9.10. The van der Waals surface area contributed by atoms with Gasteiger partial charge in [-0.15, -0.1) is 0 Å². The molecule has 0 radical (unpaired) electrons. The topological polar surface area (TPSA) is 83.1 Å². The van der Waals surface area contributed by atoms with Crippen molar-refractivity contribution in [2.75, 3.05) is 0 Å². The van der Waals surface area contributed by atoms with Gasteiger partial charge in [0.05, 0.1) is 4.47 Å². The third-order valence-corrected chi connectivity index (χ3v) is 2.86. The summed E-state index contributed by atoms with van der Waals surface area (Å²) in [6.45, 7) is 1.77. The minimum absolute atomic E-state index is 0.109. The van der Waals surface area contributed by atoms with E-state index in [4.69, 9.17) is 4.74 Å². The van der Waals surface area contributed by atoms with Crippen LogP contribution in [-0.4, -0.2) is 19.7 Å². The lowest BCUT2D eigenvalue weighted by Crippen LogP contribution is -2.07. The normalized spacial score (nSPS) is 12.2. The van der Waals surface area contributed by atoms with Gasteiger partial charge in [-0.2, -0.15) is 5.10 Å². The first-order valence-corrected chi connectivity index (χ1v) is 6.23. The van der Waals surface area contributed by atoms with Gasteiger partial charge < -0.3 is 14.9 Å². The average Bonchev–Trinajstić information content (AvgIpc) is 2.75. The Balaban J connectivity index is 2.27. The van der Waals surface area contributed by atoms with Crippen molar-refractivity contribution in [1.29, 1.82) is 0 Å². The predicted octanol–water partition coefficient (Wildman–Crippen LogP) is 2.63. The minimum atomic E-state index is -0.576. The molecule has 8 heteroatoms. The summed E-state index contributed by atoms with van der Waals surface area (Å²) in [7, 11) is 1.79. The number of halogens is 1. The van der Waals surface area contributed by atoms with Crippen LogP contribution in [0.25, 0.3) is 0 Å². The van der Waals surface area contributed by atoms with Gasteiger partial charge in [-0.1, -0.05) is 0 Å². The number of pyridine rings is 1. The third-order valence-electron chi connectivity index (χ3n) is 2.43. The zero-order valence-electron chi connectivity index (χ0n) is 10.3. The number of hydrogen-bond acceptors (Lipinski definition) is 5. The third kappa shape index (κ3) is 3.08. The maximum absolute atomic E-state index is 10.9. The van der Waals surface area contributed by atoms with Gasteiger partial charge in [0.15, 0.2) is 6.20 Å². The molecule has 0 bridgehead atoms. The standard InChI is InChI=1S/C11H11BrN4O3/c1-7(9-3-4-15(2)14-9)19-10-5-8(12)6-13-11(10)16(17)18/h3-7H,1-2H3/t7-/m1/s1. The largest absolute Gasteiger partial charge is 0.476 e. The molecular weight excluding hydrogens is 316 g/mol. The molecule has 2 aromatic heterocycles. The van der Waals surface area contributed by atoms with Crippen LogP contribution in [0, 0.1) is 10.1 Å². The summed E-state index contributed by atoms with van der Waals surface area (Å²) in [6.07, 6.45) is 2.73. The predicted molar refractivity (Wildman–Crippen MR) is 70.8 cm³/mol. The van der Waals surface area contributed by atoms with E-state index in [0.717, 1.165) is 0 Å². The van der Waals surface area contributed by atoms with Crippen molar-refractivity contribution in [3.8, 4) is 5.75 Å². The molecule has 2 rings (SSSR count). The molecule has 0 fully saturated rings. The Morgan fingerprint density at radius 1 is 1.58 bits per heavy atom. The van der Waals surface area contributed by atoms with Crippen molar-refractivity contribution in [3.63, 3.8) is 0 Å². The van der Waals surface area contributed by atoms with E-state index in [1.165, 1.54) is 12.3 Å². The molecule has 0 aliphatic heterocycles. The Kier molecular flexibility index (Phi) is 3.79. The average molecular weight is 327 g/mol. The minimum Gasteiger partial charge on any atom is -0.476 e. The van der Waals surface area contributed by atoms with Gasteiger partial charge in [0.2, 0.25) is 5.75 Å². The van der Waals surface area contributed by atoms with Gasteiger partial charge in [0.1, 0.15) is 11.8 Å². The molecule has 0 saturated heterocycles. The fourth-order valence-electron chi connectivity index (χ4n) is 1.54. The first-order valence-electron chi connectivity index (χ1n) is 5.43.